The minimum atomic E-state index is -0.538. The normalized spacial score (nSPS) is 12.2. The van der Waals surface area contributed by atoms with Gasteiger partial charge in [0.1, 0.15) is 0 Å². The van der Waals surface area contributed by atoms with Gasteiger partial charge in [-0.15, -0.1) is 0 Å². The summed E-state index contributed by atoms with van der Waals surface area (Å²) in [5, 5.41) is 12.6. The SMILES string of the molecule is Cc1nc(-c2ccccc2)ncc1C(=O)NCC(O)CC(C)C. The zero-order chi connectivity index (χ0) is 16.8. The molecule has 5 nitrogen and oxygen atoms in total. The predicted octanol–water partition coefficient (Wildman–Crippen LogP) is 2.59. The van der Waals surface area contributed by atoms with Gasteiger partial charge in [-0.25, -0.2) is 9.97 Å². The maximum absolute atomic E-state index is 12.2. The highest BCUT2D eigenvalue weighted by Gasteiger charge is 2.14. The minimum absolute atomic E-state index is 0.233. The number of hydrogen-bond acceptors (Lipinski definition) is 4. The average molecular weight is 313 g/mol. The molecular formula is C18H23N3O2. The third-order valence-electron chi connectivity index (χ3n) is 3.50. The van der Waals surface area contributed by atoms with Gasteiger partial charge in [0.25, 0.3) is 5.91 Å². The fourth-order valence-corrected chi connectivity index (χ4v) is 2.35. The summed E-state index contributed by atoms with van der Waals surface area (Å²) in [5.74, 6) is 0.724. The molecule has 0 spiro atoms. The summed E-state index contributed by atoms with van der Waals surface area (Å²) in [6, 6.07) is 9.63. The van der Waals surface area contributed by atoms with Gasteiger partial charge in [0.05, 0.1) is 17.4 Å². The molecule has 0 fully saturated rings. The van der Waals surface area contributed by atoms with Gasteiger partial charge in [-0.1, -0.05) is 44.2 Å². The van der Waals surface area contributed by atoms with Crippen molar-refractivity contribution in [3.05, 3.63) is 47.8 Å². The number of aliphatic hydroxyl groups is 1. The van der Waals surface area contributed by atoms with E-state index in [1.54, 1.807) is 6.92 Å². The van der Waals surface area contributed by atoms with E-state index in [2.05, 4.69) is 15.3 Å². The Labute approximate surface area is 136 Å². The van der Waals surface area contributed by atoms with E-state index in [1.807, 2.05) is 44.2 Å². The van der Waals surface area contributed by atoms with Crippen LogP contribution in [-0.4, -0.2) is 33.6 Å². The van der Waals surface area contributed by atoms with Gasteiger partial charge in [0.15, 0.2) is 5.82 Å². The molecule has 0 radical (unpaired) electrons. The molecule has 122 valence electrons. The average Bonchev–Trinajstić information content (AvgIpc) is 2.52. The van der Waals surface area contributed by atoms with Crippen molar-refractivity contribution >= 4 is 5.91 Å². The van der Waals surface area contributed by atoms with Crippen LogP contribution in [0.3, 0.4) is 0 Å². The Morgan fingerprint density at radius 3 is 2.57 bits per heavy atom. The fraction of sp³-hybridized carbons (Fsp3) is 0.389. The van der Waals surface area contributed by atoms with E-state index in [4.69, 9.17) is 0 Å². The van der Waals surface area contributed by atoms with Crippen molar-refractivity contribution < 1.29 is 9.90 Å². The Balaban J connectivity index is 2.04. The van der Waals surface area contributed by atoms with Crippen LogP contribution >= 0.6 is 0 Å². The van der Waals surface area contributed by atoms with Crippen LogP contribution in [-0.2, 0) is 0 Å². The van der Waals surface area contributed by atoms with Crippen LogP contribution < -0.4 is 5.32 Å². The highest BCUT2D eigenvalue weighted by molar-refractivity contribution is 5.95. The number of hydrogen-bond donors (Lipinski definition) is 2. The fourth-order valence-electron chi connectivity index (χ4n) is 2.35. The predicted molar refractivity (Wildman–Crippen MR) is 90.0 cm³/mol. The van der Waals surface area contributed by atoms with Crippen LogP contribution in [0.4, 0.5) is 0 Å². The van der Waals surface area contributed by atoms with Gasteiger partial charge in [0, 0.05) is 18.3 Å². The number of aliphatic hydroxyl groups excluding tert-OH is 1. The Bertz CT molecular complexity index is 657. The molecule has 1 amide bonds. The lowest BCUT2D eigenvalue weighted by Gasteiger charge is -2.14. The number of carbonyl (C=O) groups excluding carboxylic acids is 1. The highest BCUT2D eigenvalue weighted by Crippen LogP contribution is 2.15. The lowest BCUT2D eigenvalue weighted by atomic mass is 10.1. The monoisotopic (exact) mass is 313 g/mol. The lowest BCUT2D eigenvalue weighted by Crippen LogP contribution is -2.33. The molecule has 1 heterocycles. The first-order chi connectivity index (χ1) is 11.0. The first kappa shape index (κ1) is 17.1. The number of amides is 1. The molecule has 23 heavy (non-hydrogen) atoms. The molecule has 1 aromatic carbocycles. The summed E-state index contributed by atoms with van der Waals surface area (Å²) >= 11 is 0. The van der Waals surface area contributed by atoms with Crippen LogP contribution in [0, 0.1) is 12.8 Å². The van der Waals surface area contributed by atoms with Crippen molar-refractivity contribution in [3.8, 4) is 11.4 Å². The lowest BCUT2D eigenvalue weighted by molar-refractivity contribution is 0.0899. The highest BCUT2D eigenvalue weighted by atomic mass is 16.3. The standard InChI is InChI=1S/C18H23N3O2/c1-12(2)9-15(22)10-20-18(23)16-11-19-17(21-13(16)3)14-7-5-4-6-8-14/h4-8,11-12,15,22H,9-10H2,1-3H3,(H,20,23). The Hall–Kier alpha value is -2.27. The van der Waals surface area contributed by atoms with Gasteiger partial charge in [-0.2, -0.15) is 0 Å². The molecule has 0 bridgehead atoms. The number of benzene rings is 1. The van der Waals surface area contributed by atoms with E-state index < -0.39 is 6.10 Å². The molecule has 5 heteroatoms. The van der Waals surface area contributed by atoms with Crippen LogP contribution in [0.2, 0.25) is 0 Å². The number of aryl methyl sites for hydroxylation is 1. The molecular weight excluding hydrogens is 290 g/mol. The van der Waals surface area contributed by atoms with Crippen molar-refractivity contribution in [2.24, 2.45) is 5.92 Å². The summed E-state index contributed by atoms with van der Waals surface area (Å²) in [5.41, 5.74) is 1.96. The molecule has 1 atom stereocenters. The molecule has 1 unspecified atom stereocenters. The summed E-state index contributed by atoms with van der Waals surface area (Å²) in [7, 11) is 0. The van der Waals surface area contributed by atoms with Crippen LogP contribution in [0.15, 0.2) is 36.5 Å². The largest absolute Gasteiger partial charge is 0.391 e. The quantitative estimate of drug-likeness (QED) is 0.859. The second-order valence-electron chi connectivity index (χ2n) is 6.05. The second kappa shape index (κ2) is 7.83. The molecule has 0 aliphatic carbocycles. The van der Waals surface area contributed by atoms with Crippen LogP contribution in [0.1, 0.15) is 36.3 Å². The summed E-state index contributed by atoms with van der Waals surface area (Å²) in [6.45, 7) is 6.08. The zero-order valence-electron chi connectivity index (χ0n) is 13.8. The Morgan fingerprint density at radius 2 is 1.96 bits per heavy atom. The third kappa shape index (κ3) is 4.86. The first-order valence-corrected chi connectivity index (χ1v) is 7.82. The number of carbonyl (C=O) groups is 1. The molecule has 0 saturated heterocycles. The van der Waals surface area contributed by atoms with Crippen molar-refractivity contribution in [2.45, 2.75) is 33.3 Å². The first-order valence-electron chi connectivity index (χ1n) is 7.82. The third-order valence-corrected chi connectivity index (χ3v) is 3.50. The topological polar surface area (TPSA) is 75.1 Å². The molecule has 2 aromatic rings. The maximum atomic E-state index is 12.2. The molecule has 1 aromatic heterocycles. The van der Waals surface area contributed by atoms with E-state index in [9.17, 15) is 9.90 Å². The number of aromatic nitrogens is 2. The number of rotatable bonds is 6. The molecule has 0 aliphatic heterocycles. The smallest absolute Gasteiger partial charge is 0.254 e. The zero-order valence-corrected chi connectivity index (χ0v) is 13.8. The minimum Gasteiger partial charge on any atom is -0.391 e. The van der Waals surface area contributed by atoms with E-state index in [1.165, 1.54) is 6.20 Å². The van der Waals surface area contributed by atoms with Crippen LogP contribution in [0.25, 0.3) is 11.4 Å². The van der Waals surface area contributed by atoms with Gasteiger partial charge < -0.3 is 10.4 Å². The summed E-state index contributed by atoms with van der Waals surface area (Å²) in [6.07, 6.45) is 1.65. The van der Waals surface area contributed by atoms with Crippen LogP contribution in [0.5, 0.6) is 0 Å². The van der Waals surface area contributed by atoms with Gasteiger partial charge >= 0.3 is 0 Å². The van der Waals surface area contributed by atoms with Gasteiger partial charge in [-0.05, 0) is 19.3 Å². The molecule has 0 saturated carbocycles. The Kier molecular flexibility index (Phi) is 5.82. The van der Waals surface area contributed by atoms with Crippen molar-refractivity contribution in [1.29, 1.82) is 0 Å². The van der Waals surface area contributed by atoms with Crippen molar-refractivity contribution in [3.63, 3.8) is 0 Å². The second-order valence-corrected chi connectivity index (χ2v) is 6.05. The van der Waals surface area contributed by atoms with E-state index in [-0.39, 0.29) is 12.5 Å². The number of nitrogens with one attached hydrogen (secondary N) is 1. The molecule has 2 rings (SSSR count). The Morgan fingerprint density at radius 1 is 1.26 bits per heavy atom. The van der Waals surface area contributed by atoms with Crippen molar-refractivity contribution in [1.82, 2.24) is 15.3 Å². The summed E-state index contributed by atoms with van der Waals surface area (Å²) in [4.78, 5) is 20.9. The summed E-state index contributed by atoms with van der Waals surface area (Å²) < 4.78 is 0. The molecule has 2 N–H and O–H groups in total. The number of nitrogens with zero attached hydrogens (tertiary/aromatic N) is 2. The van der Waals surface area contributed by atoms with E-state index in [0.29, 0.717) is 29.4 Å². The van der Waals surface area contributed by atoms with Gasteiger partial charge in [0.2, 0.25) is 0 Å². The van der Waals surface area contributed by atoms with E-state index in [0.717, 1.165) is 5.56 Å². The molecule has 0 aliphatic rings. The van der Waals surface area contributed by atoms with E-state index >= 15 is 0 Å². The maximum Gasteiger partial charge on any atom is 0.254 e. The van der Waals surface area contributed by atoms with Crippen molar-refractivity contribution in [2.75, 3.05) is 6.54 Å². The van der Waals surface area contributed by atoms with Gasteiger partial charge in [-0.3, -0.25) is 4.79 Å².